The summed E-state index contributed by atoms with van der Waals surface area (Å²) in [5, 5.41) is 3.55. The number of benzene rings is 1. The lowest BCUT2D eigenvalue weighted by Crippen LogP contribution is -2.52. The molecule has 2 fully saturated rings. The minimum atomic E-state index is -0.364. The van der Waals surface area contributed by atoms with Crippen LogP contribution in [-0.2, 0) is 9.53 Å². The molecule has 0 saturated heterocycles. The lowest BCUT2D eigenvalue weighted by molar-refractivity contribution is -0.120. The second-order valence-corrected chi connectivity index (χ2v) is 8.50. The van der Waals surface area contributed by atoms with Gasteiger partial charge in [0, 0.05) is 37.5 Å². The van der Waals surface area contributed by atoms with Crippen molar-refractivity contribution >= 4 is 23.4 Å². The van der Waals surface area contributed by atoms with E-state index in [0.29, 0.717) is 25.7 Å². The third-order valence-electron chi connectivity index (χ3n) is 6.08. The van der Waals surface area contributed by atoms with Gasteiger partial charge in [-0.15, -0.1) is 0 Å². The van der Waals surface area contributed by atoms with Gasteiger partial charge in [-0.2, -0.15) is 0 Å². The Labute approximate surface area is 172 Å². The number of nitrogens with zero attached hydrogens (tertiary/aromatic N) is 2. The number of amides is 2. The molecule has 0 bridgehead atoms. The van der Waals surface area contributed by atoms with E-state index < -0.39 is 0 Å². The molecule has 3 aliphatic rings. The Morgan fingerprint density at radius 2 is 2.00 bits per heavy atom. The molecular weight excluding hydrogens is 368 g/mol. The van der Waals surface area contributed by atoms with Crippen LogP contribution in [0.4, 0.5) is 16.2 Å². The molecule has 1 aromatic carbocycles. The number of anilines is 2. The van der Waals surface area contributed by atoms with Gasteiger partial charge >= 0.3 is 6.09 Å². The van der Waals surface area contributed by atoms with Crippen LogP contribution in [0.2, 0.25) is 0 Å². The summed E-state index contributed by atoms with van der Waals surface area (Å²) in [5.41, 5.74) is 8.69. The summed E-state index contributed by atoms with van der Waals surface area (Å²) in [6.45, 7) is 5.90. The molecule has 7 nitrogen and oxygen atoms in total. The molecule has 1 unspecified atom stereocenters. The molecule has 2 amide bonds. The van der Waals surface area contributed by atoms with Crippen molar-refractivity contribution in [3.63, 3.8) is 0 Å². The molecule has 0 radical (unpaired) electrons. The number of ether oxygens (including phenoxy) is 1. The zero-order valence-electron chi connectivity index (χ0n) is 17.4. The van der Waals surface area contributed by atoms with Crippen molar-refractivity contribution in [2.75, 3.05) is 36.0 Å². The Morgan fingerprint density at radius 3 is 2.62 bits per heavy atom. The van der Waals surface area contributed by atoms with E-state index in [9.17, 15) is 9.59 Å². The van der Waals surface area contributed by atoms with E-state index in [1.165, 1.54) is 12.8 Å². The maximum absolute atomic E-state index is 13.0. The van der Waals surface area contributed by atoms with E-state index in [1.807, 2.05) is 24.0 Å². The quantitative estimate of drug-likeness (QED) is 0.735. The molecule has 3 N–H and O–H groups in total. The highest BCUT2D eigenvalue weighted by atomic mass is 16.6. The highest BCUT2D eigenvalue weighted by Crippen LogP contribution is 2.41. The predicted octanol–water partition coefficient (Wildman–Crippen LogP) is 2.59. The molecule has 1 aliphatic heterocycles. The van der Waals surface area contributed by atoms with Crippen molar-refractivity contribution in [2.24, 2.45) is 11.7 Å². The van der Waals surface area contributed by atoms with Crippen LogP contribution in [-0.4, -0.2) is 50.3 Å². The maximum atomic E-state index is 13.0. The summed E-state index contributed by atoms with van der Waals surface area (Å²) in [4.78, 5) is 29.2. The number of nitrogens with one attached hydrogen (secondary N) is 1. The smallest absolute Gasteiger partial charge is 0.414 e. The Bertz CT molecular complexity index is 775. The van der Waals surface area contributed by atoms with Crippen LogP contribution in [0.15, 0.2) is 18.2 Å². The zero-order valence-corrected chi connectivity index (χ0v) is 17.4. The van der Waals surface area contributed by atoms with Gasteiger partial charge in [0.25, 0.3) is 0 Å². The van der Waals surface area contributed by atoms with Crippen molar-refractivity contribution in [3.8, 4) is 0 Å². The predicted molar refractivity (Wildman–Crippen MR) is 113 cm³/mol. The number of nitrogens with two attached hydrogens (primary N) is 1. The van der Waals surface area contributed by atoms with Gasteiger partial charge in [0.15, 0.2) is 0 Å². The van der Waals surface area contributed by atoms with Crippen LogP contribution in [0.5, 0.6) is 0 Å². The van der Waals surface area contributed by atoms with Gasteiger partial charge in [-0.25, -0.2) is 4.79 Å². The first-order valence-electron chi connectivity index (χ1n) is 10.9. The van der Waals surface area contributed by atoms with Gasteiger partial charge in [-0.1, -0.05) is 6.07 Å². The van der Waals surface area contributed by atoms with Crippen molar-refractivity contribution in [1.82, 2.24) is 5.32 Å². The Hall–Kier alpha value is -2.12. The lowest BCUT2D eigenvalue weighted by atomic mass is 9.96. The molecule has 0 aromatic heterocycles. The molecule has 7 heteroatoms. The summed E-state index contributed by atoms with van der Waals surface area (Å²) in [6.07, 6.45) is 4.01. The fourth-order valence-electron chi connectivity index (χ4n) is 4.07. The first kappa shape index (κ1) is 20.2. The molecule has 29 heavy (non-hydrogen) atoms. The van der Waals surface area contributed by atoms with E-state index in [2.05, 4.69) is 11.4 Å². The fraction of sp³-hybridized carbons (Fsp3) is 0.636. The third kappa shape index (κ3) is 4.26. The summed E-state index contributed by atoms with van der Waals surface area (Å²) in [6, 6.07) is 6.58. The highest BCUT2D eigenvalue weighted by Gasteiger charge is 2.41. The molecule has 2 saturated carbocycles. The average Bonchev–Trinajstić information content (AvgIpc) is 3.61. The van der Waals surface area contributed by atoms with E-state index >= 15 is 0 Å². The molecule has 2 atom stereocenters. The summed E-state index contributed by atoms with van der Waals surface area (Å²) >= 11 is 0. The number of hydrogen-bond acceptors (Lipinski definition) is 5. The van der Waals surface area contributed by atoms with Crippen LogP contribution >= 0.6 is 0 Å². The second-order valence-electron chi connectivity index (χ2n) is 8.50. The van der Waals surface area contributed by atoms with E-state index in [4.69, 9.17) is 10.5 Å². The second kappa shape index (κ2) is 8.32. The average molecular weight is 401 g/mol. The van der Waals surface area contributed by atoms with E-state index in [0.717, 1.165) is 36.3 Å². The molecule has 158 valence electrons. The summed E-state index contributed by atoms with van der Waals surface area (Å²) < 4.78 is 5.30. The van der Waals surface area contributed by atoms with Crippen LogP contribution in [0.3, 0.4) is 0 Å². The minimum absolute atomic E-state index is 0.0901. The van der Waals surface area contributed by atoms with Gasteiger partial charge in [-0.3, -0.25) is 9.69 Å². The van der Waals surface area contributed by atoms with Gasteiger partial charge in [0.05, 0.1) is 24.0 Å². The van der Waals surface area contributed by atoms with Crippen molar-refractivity contribution in [3.05, 3.63) is 23.8 Å². The first-order valence-corrected chi connectivity index (χ1v) is 10.9. The number of hydrogen-bond donors (Lipinski definition) is 2. The van der Waals surface area contributed by atoms with Gasteiger partial charge in [0.2, 0.25) is 5.91 Å². The van der Waals surface area contributed by atoms with E-state index in [-0.39, 0.29) is 29.9 Å². The number of carbonyl (C=O) groups is 2. The first-order chi connectivity index (χ1) is 14.0. The van der Waals surface area contributed by atoms with Crippen LogP contribution in [0.25, 0.3) is 0 Å². The van der Waals surface area contributed by atoms with Crippen LogP contribution in [0.1, 0.15) is 51.0 Å². The summed E-state index contributed by atoms with van der Waals surface area (Å²) in [5.74, 6) is 0.455. The topological polar surface area (TPSA) is 87.9 Å². The van der Waals surface area contributed by atoms with Crippen LogP contribution in [0, 0.1) is 5.92 Å². The monoisotopic (exact) mass is 400 g/mol. The zero-order chi connectivity index (χ0) is 20.5. The largest absolute Gasteiger partial charge is 0.449 e. The number of rotatable bonds is 7. The van der Waals surface area contributed by atoms with Crippen LogP contribution < -0.4 is 20.9 Å². The van der Waals surface area contributed by atoms with Crippen molar-refractivity contribution < 1.29 is 14.3 Å². The SMILES string of the molecule is CCOC(=O)N1C[C@H](C)N(C(=O)C2CC2)c2ccc(C(CN)CNC3CC3)cc21. The van der Waals surface area contributed by atoms with Gasteiger partial charge in [0.1, 0.15) is 0 Å². The van der Waals surface area contributed by atoms with Crippen molar-refractivity contribution in [2.45, 2.75) is 57.5 Å². The normalized spacial score (nSPS) is 22.2. The number of carbonyl (C=O) groups excluding carboxylic acids is 2. The standard InChI is InChI=1S/C22H32N4O3/c1-3-29-22(28)25-13-14(2)26(21(27)15-4-5-15)19-9-6-16(10-20(19)25)17(11-23)12-24-18-7-8-18/h6,9-10,14-15,17-18,24H,3-5,7-8,11-13,23H2,1-2H3/t14-,17?/m0/s1. The lowest BCUT2D eigenvalue weighted by Gasteiger charge is -2.41. The highest BCUT2D eigenvalue weighted by molar-refractivity contribution is 6.04. The fourth-order valence-corrected chi connectivity index (χ4v) is 4.07. The molecular formula is C22H32N4O3. The van der Waals surface area contributed by atoms with Gasteiger partial charge in [-0.05, 0) is 57.2 Å². The minimum Gasteiger partial charge on any atom is -0.449 e. The molecule has 2 aliphatic carbocycles. The molecule has 1 heterocycles. The molecule has 0 spiro atoms. The van der Waals surface area contributed by atoms with Gasteiger partial charge < -0.3 is 20.7 Å². The molecule has 1 aromatic rings. The third-order valence-corrected chi connectivity index (χ3v) is 6.08. The maximum Gasteiger partial charge on any atom is 0.414 e. The Morgan fingerprint density at radius 1 is 1.24 bits per heavy atom. The van der Waals surface area contributed by atoms with Crippen molar-refractivity contribution in [1.29, 1.82) is 0 Å². The molecule has 4 rings (SSSR count). The van der Waals surface area contributed by atoms with E-state index in [1.54, 1.807) is 11.8 Å². The summed E-state index contributed by atoms with van der Waals surface area (Å²) in [7, 11) is 0. The number of fused-ring (bicyclic) bond motifs is 1. The Kier molecular flexibility index (Phi) is 5.79. The Balaban J connectivity index is 1.67.